The first-order valence-corrected chi connectivity index (χ1v) is 10.1. The third-order valence-electron chi connectivity index (χ3n) is 5.43. The number of hydrogen-bond donors (Lipinski definition) is 1. The molecule has 2 aromatic heterocycles. The van der Waals surface area contributed by atoms with Crippen molar-refractivity contribution in [3.63, 3.8) is 0 Å². The molecule has 1 aromatic carbocycles. The molecule has 0 amide bonds. The minimum absolute atomic E-state index is 0.0298. The molecule has 31 heavy (non-hydrogen) atoms. The van der Waals surface area contributed by atoms with E-state index in [1.165, 1.54) is 0 Å². The molecule has 162 valence electrons. The average Bonchev–Trinajstić information content (AvgIpc) is 3.31. The number of fused-ring (bicyclic) bond motifs is 1. The molecule has 0 aliphatic heterocycles. The zero-order valence-electron chi connectivity index (χ0n) is 17.8. The number of methoxy groups -OCH3 is 3. The number of benzene rings is 1. The molecule has 8 heteroatoms. The highest BCUT2D eigenvalue weighted by molar-refractivity contribution is 5.98. The predicted molar refractivity (Wildman–Crippen MR) is 114 cm³/mol. The van der Waals surface area contributed by atoms with Crippen molar-refractivity contribution in [2.45, 2.75) is 25.2 Å². The molecule has 1 atom stereocenters. The van der Waals surface area contributed by atoms with Crippen LogP contribution in [0.4, 0.5) is 5.95 Å². The summed E-state index contributed by atoms with van der Waals surface area (Å²) in [7, 11) is 4.73. The topological polar surface area (TPSA) is 95.7 Å². The molecular weight excluding hydrogens is 398 g/mol. The van der Waals surface area contributed by atoms with Crippen LogP contribution in [0.3, 0.4) is 0 Å². The maximum atomic E-state index is 12.8. The van der Waals surface area contributed by atoms with Gasteiger partial charge in [-0.15, -0.1) is 0 Å². The number of anilines is 1. The molecule has 0 bridgehead atoms. The van der Waals surface area contributed by atoms with Crippen molar-refractivity contribution < 1.29 is 23.4 Å². The standard InChI is InChI=1S/C23H25N3O5/c1-28-20-11-15(12-21(29-2)22(20)30-3)14-9-18-17(19(27)10-14)13-25-23(26-18)24-7-6-16-5-4-8-31-16/h4-5,8,11-14H,6-7,9-10H2,1-3H3,(H,24,25,26). The molecule has 0 radical (unpaired) electrons. The van der Waals surface area contributed by atoms with Gasteiger partial charge in [0, 0.05) is 25.6 Å². The number of ketones is 1. The van der Waals surface area contributed by atoms with Gasteiger partial charge in [-0.3, -0.25) is 4.79 Å². The van der Waals surface area contributed by atoms with Gasteiger partial charge in [0.2, 0.25) is 11.7 Å². The lowest BCUT2D eigenvalue weighted by atomic mass is 9.82. The Kier molecular flexibility index (Phi) is 6.06. The van der Waals surface area contributed by atoms with E-state index in [2.05, 4.69) is 15.3 Å². The van der Waals surface area contributed by atoms with Crippen LogP contribution in [0, 0.1) is 0 Å². The molecule has 1 N–H and O–H groups in total. The number of carbonyl (C=O) groups excluding carboxylic acids is 1. The Bertz CT molecular complexity index is 1040. The first-order chi connectivity index (χ1) is 15.1. The second kappa shape index (κ2) is 9.07. The van der Waals surface area contributed by atoms with E-state index in [1.807, 2.05) is 24.3 Å². The second-order valence-corrected chi connectivity index (χ2v) is 7.30. The van der Waals surface area contributed by atoms with Gasteiger partial charge >= 0.3 is 0 Å². The number of furan rings is 1. The van der Waals surface area contributed by atoms with E-state index in [0.29, 0.717) is 48.1 Å². The summed E-state index contributed by atoms with van der Waals surface area (Å²) < 4.78 is 21.7. The van der Waals surface area contributed by atoms with Gasteiger partial charge in [0.05, 0.1) is 38.8 Å². The first-order valence-electron chi connectivity index (χ1n) is 10.1. The van der Waals surface area contributed by atoms with E-state index in [1.54, 1.807) is 33.8 Å². The van der Waals surface area contributed by atoms with Gasteiger partial charge in [-0.25, -0.2) is 9.97 Å². The Balaban J connectivity index is 1.55. The number of rotatable bonds is 8. The smallest absolute Gasteiger partial charge is 0.222 e. The number of aromatic nitrogens is 2. The number of nitrogens with one attached hydrogen (secondary N) is 1. The molecule has 1 unspecified atom stereocenters. The Morgan fingerprint density at radius 2 is 1.90 bits per heavy atom. The van der Waals surface area contributed by atoms with Gasteiger partial charge in [0.25, 0.3) is 0 Å². The molecule has 1 aliphatic rings. The van der Waals surface area contributed by atoms with Crippen LogP contribution in [0.1, 0.15) is 39.7 Å². The highest BCUT2D eigenvalue weighted by atomic mass is 16.5. The largest absolute Gasteiger partial charge is 0.493 e. The maximum absolute atomic E-state index is 12.8. The third kappa shape index (κ3) is 4.33. The van der Waals surface area contributed by atoms with E-state index in [9.17, 15) is 4.79 Å². The second-order valence-electron chi connectivity index (χ2n) is 7.30. The van der Waals surface area contributed by atoms with Crippen LogP contribution >= 0.6 is 0 Å². The van der Waals surface area contributed by atoms with Crippen LogP contribution in [0.2, 0.25) is 0 Å². The van der Waals surface area contributed by atoms with Gasteiger partial charge in [-0.2, -0.15) is 0 Å². The molecule has 4 rings (SSSR count). The summed E-state index contributed by atoms with van der Waals surface area (Å²) in [6.07, 6.45) is 4.99. The summed E-state index contributed by atoms with van der Waals surface area (Å²) in [6, 6.07) is 7.58. The molecule has 1 aliphatic carbocycles. The predicted octanol–water partition coefficient (Wildman–Crippen LogP) is 3.66. The summed E-state index contributed by atoms with van der Waals surface area (Å²) in [5.74, 6) is 3.05. The van der Waals surface area contributed by atoms with Crippen molar-refractivity contribution in [3.8, 4) is 17.2 Å². The van der Waals surface area contributed by atoms with Crippen LogP contribution in [0.5, 0.6) is 17.2 Å². The summed E-state index contributed by atoms with van der Waals surface area (Å²) in [6.45, 7) is 0.635. The molecule has 8 nitrogen and oxygen atoms in total. The molecular formula is C23H25N3O5. The quantitative estimate of drug-likeness (QED) is 0.586. The minimum Gasteiger partial charge on any atom is -0.493 e. The average molecular weight is 423 g/mol. The lowest BCUT2D eigenvalue weighted by molar-refractivity contribution is 0.0962. The van der Waals surface area contributed by atoms with Gasteiger partial charge in [-0.1, -0.05) is 0 Å². The Morgan fingerprint density at radius 1 is 1.13 bits per heavy atom. The minimum atomic E-state index is -0.0421. The van der Waals surface area contributed by atoms with Crippen LogP contribution in [-0.2, 0) is 12.8 Å². The number of carbonyl (C=O) groups is 1. The van der Waals surface area contributed by atoms with Gasteiger partial charge in [-0.05, 0) is 42.2 Å². The van der Waals surface area contributed by atoms with Crippen molar-refractivity contribution in [1.82, 2.24) is 9.97 Å². The lowest BCUT2D eigenvalue weighted by Crippen LogP contribution is -2.22. The molecule has 2 heterocycles. The van der Waals surface area contributed by atoms with Crippen LogP contribution < -0.4 is 19.5 Å². The van der Waals surface area contributed by atoms with Crippen LogP contribution in [0.15, 0.2) is 41.1 Å². The van der Waals surface area contributed by atoms with E-state index >= 15 is 0 Å². The molecule has 0 saturated carbocycles. The first kappa shape index (κ1) is 20.7. The number of nitrogens with zero attached hydrogens (tertiary/aromatic N) is 2. The number of Topliss-reactive ketones (excluding diaryl/α,β-unsaturated/α-hetero) is 1. The van der Waals surface area contributed by atoms with Crippen molar-refractivity contribution in [1.29, 1.82) is 0 Å². The van der Waals surface area contributed by atoms with Crippen LogP contribution in [0.25, 0.3) is 0 Å². The molecule has 3 aromatic rings. The fourth-order valence-corrected chi connectivity index (χ4v) is 3.86. The molecule has 0 saturated heterocycles. The van der Waals surface area contributed by atoms with Crippen molar-refractivity contribution in [2.24, 2.45) is 0 Å². The van der Waals surface area contributed by atoms with E-state index < -0.39 is 0 Å². The van der Waals surface area contributed by atoms with E-state index in [0.717, 1.165) is 23.4 Å². The van der Waals surface area contributed by atoms with E-state index in [4.69, 9.17) is 18.6 Å². The summed E-state index contributed by atoms with van der Waals surface area (Å²) in [4.78, 5) is 21.7. The normalized spacial score (nSPS) is 15.3. The van der Waals surface area contributed by atoms with Gasteiger partial charge in [0.1, 0.15) is 5.76 Å². The van der Waals surface area contributed by atoms with Crippen molar-refractivity contribution in [3.05, 3.63) is 59.3 Å². The van der Waals surface area contributed by atoms with Gasteiger partial charge < -0.3 is 23.9 Å². The highest BCUT2D eigenvalue weighted by Crippen LogP contribution is 2.42. The summed E-state index contributed by atoms with van der Waals surface area (Å²) >= 11 is 0. The van der Waals surface area contributed by atoms with Crippen LogP contribution in [-0.4, -0.2) is 43.6 Å². The molecule has 0 fully saturated rings. The highest BCUT2D eigenvalue weighted by Gasteiger charge is 2.29. The Morgan fingerprint density at radius 3 is 2.55 bits per heavy atom. The fourth-order valence-electron chi connectivity index (χ4n) is 3.86. The summed E-state index contributed by atoms with van der Waals surface area (Å²) in [5.41, 5.74) is 2.27. The maximum Gasteiger partial charge on any atom is 0.222 e. The van der Waals surface area contributed by atoms with Gasteiger partial charge in [0.15, 0.2) is 17.3 Å². The summed E-state index contributed by atoms with van der Waals surface area (Å²) in [5, 5.41) is 3.20. The zero-order chi connectivity index (χ0) is 21.8. The number of ether oxygens (including phenoxy) is 3. The Labute approximate surface area is 180 Å². The lowest BCUT2D eigenvalue weighted by Gasteiger charge is -2.24. The molecule has 0 spiro atoms. The Hall–Kier alpha value is -3.55. The van der Waals surface area contributed by atoms with Crippen molar-refractivity contribution >= 4 is 11.7 Å². The third-order valence-corrected chi connectivity index (χ3v) is 5.43. The zero-order valence-corrected chi connectivity index (χ0v) is 17.8. The van der Waals surface area contributed by atoms with E-state index in [-0.39, 0.29) is 11.7 Å². The van der Waals surface area contributed by atoms with Crippen molar-refractivity contribution in [2.75, 3.05) is 33.2 Å². The number of hydrogen-bond acceptors (Lipinski definition) is 8. The fraction of sp³-hybridized carbons (Fsp3) is 0.348. The SMILES string of the molecule is COc1cc(C2CC(=O)c3cnc(NCCc4ccco4)nc3C2)cc(OC)c1OC. The monoisotopic (exact) mass is 423 g/mol.